The summed E-state index contributed by atoms with van der Waals surface area (Å²) in [6.07, 6.45) is 3.09. The number of aryl methyl sites for hydroxylation is 1. The molecule has 1 amide bonds. The van der Waals surface area contributed by atoms with Gasteiger partial charge in [-0.05, 0) is 58.4 Å². The van der Waals surface area contributed by atoms with Crippen molar-refractivity contribution >= 4 is 27.5 Å². The van der Waals surface area contributed by atoms with Crippen LogP contribution in [-0.2, 0) is 20.8 Å². The van der Waals surface area contributed by atoms with Gasteiger partial charge in [0.15, 0.2) is 0 Å². The Morgan fingerprint density at radius 3 is 2.57 bits per heavy atom. The Morgan fingerprint density at radius 2 is 1.93 bits per heavy atom. The maximum Gasteiger partial charge on any atom is 0.332 e. The quantitative estimate of drug-likeness (QED) is 0.232. The van der Waals surface area contributed by atoms with Crippen molar-refractivity contribution in [1.82, 2.24) is 24.2 Å². The van der Waals surface area contributed by atoms with E-state index < -0.39 is 35.1 Å². The number of carbonyl (C=O) groups is 1. The lowest BCUT2D eigenvalue weighted by Crippen LogP contribution is -2.47. The molecule has 0 fully saturated rings. The first-order valence-electron chi connectivity index (χ1n) is 13.6. The smallest absolute Gasteiger partial charge is 0.332 e. The molecule has 0 aliphatic heterocycles. The second kappa shape index (κ2) is 13.4. The molecule has 1 N–H and O–H groups in total. The van der Waals surface area contributed by atoms with Crippen LogP contribution in [0.15, 0.2) is 46.2 Å². The molecule has 3 heterocycles. The molecule has 3 aromatic heterocycles. The zero-order chi connectivity index (χ0) is 30.6. The third-order valence-electron chi connectivity index (χ3n) is 6.83. The van der Waals surface area contributed by atoms with Crippen LogP contribution >= 0.6 is 11.3 Å². The summed E-state index contributed by atoms with van der Waals surface area (Å²) in [6.45, 7) is 7.51. The number of nitrogens with zero attached hydrogens (tertiary/aromatic N) is 4. The summed E-state index contributed by atoms with van der Waals surface area (Å²) in [4.78, 5) is 41.5. The van der Waals surface area contributed by atoms with Crippen molar-refractivity contribution in [2.45, 2.75) is 58.8 Å². The van der Waals surface area contributed by atoms with Crippen molar-refractivity contribution in [3.05, 3.63) is 74.4 Å². The summed E-state index contributed by atoms with van der Waals surface area (Å²) >= 11 is 1.23. The molecule has 0 radical (unpaired) electrons. The predicted octanol–water partition coefficient (Wildman–Crippen LogP) is 3.75. The number of halogens is 1. The Labute approximate surface area is 246 Å². The summed E-state index contributed by atoms with van der Waals surface area (Å²) < 4.78 is 35.4. The molecule has 0 spiro atoms. The Hall–Kier alpha value is -3.81. The van der Waals surface area contributed by atoms with Gasteiger partial charge in [-0.2, -0.15) is 5.10 Å². The number of benzene rings is 1. The first kappa shape index (κ1) is 31.1. The van der Waals surface area contributed by atoms with Crippen LogP contribution in [0.3, 0.4) is 0 Å². The minimum Gasteiger partial charge on any atom is -0.496 e. The molecule has 1 unspecified atom stereocenters. The monoisotopic (exact) mass is 601 g/mol. The van der Waals surface area contributed by atoms with Gasteiger partial charge in [-0.3, -0.25) is 14.2 Å². The fourth-order valence-corrected chi connectivity index (χ4v) is 6.02. The second-order valence-electron chi connectivity index (χ2n) is 10.2. The van der Waals surface area contributed by atoms with E-state index in [1.165, 1.54) is 48.1 Å². The molecule has 4 aromatic rings. The van der Waals surface area contributed by atoms with Gasteiger partial charge in [0.05, 0.1) is 19.0 Å². The van der Waals surface area contributed by atoms with E-state index in [1.807, 2.05) is 0 Å². The minimum atomic E-state index is -1.10. The van der Waals surface area contributed by atoms with Crippen LogP contribution in [0, 0.1) is 12.7 Å². The van der Waals surface area contributed by atoms with Gasteiger partial charge in [-0.15, -0.1) is 0 Å². The molecule has 226 valence electrons. The van der Waals surface area contributed by atoms with Crippen LogP contribution < -0.4 is 21.3 Å². The van der Waals surface area contributed by atoms with E-state index >= 15 is 0 Å². The van der Waals surface area contributed by atoms with Gasteiger partial charge in [0.25, 0.3) is 5.56 Å². The Bertz CT molecular complexity index is 1660. The number of hydrogen-bond donors (Lipinski definition) is 1. The summed E-state index contributed by atoms with van der Waals surface area (Å²) in [5.74, 6) is -0.574. The topological polar surface area (TPSA) is 119 Å². The van der Waals surface area contributed by atoms with Crippen molar-refractivity contribution in [3.63, 3.8) is 0 Å². The Balaban J connectivity index is 1.96. The van der Waals surface area contributed by atoms with Gasteiger partial charge < -0.3 is 19.5 Å². The van der Waals surface area contributed by atoms with Gasteiger partial charge in [0.1, 0.15) is 33.5 Å². The van der Waals surface area contributed by atoms with E-state index in [0.717, 1.165) is 4.57 Å². The summed E-state index contributed by atoms with van der Waals surface area (Å²) in [5.41, 5.74) is -0.249. The van der Waals surface area contributed by atoms with Crippen molar-refractivity contribution in [2.75, 3.05) is 27.4 Å². The summed E-state index contributed by atoms with van der Waals surface area (Å²) in [6, 6.07) is 4.56. The average Bonchev–Trinajstić information content (AvgIpc) is 3.60. The number of ether oxygens (including phenoxy) is 3. The molecule has 11 nitrogen and oxygen atoms in total. The number of thiophene rings is 1. The molecule has 0 bridgehead atoms. The summed E-state index contributed by atoms with van der Waals surface area (Å²) in [5, 5.41) is 8.04. The van der Waals surface area contributed by atoms with E-state index in [1.54, 1.807) is 51.0 Å². The third-order valence-corrected chi connectivity index (χ3v) is 8.13. The lowest BCUT2D eigenvalue weighted by atomic mass is 10.1. The van der Waals surface area contributed by atoms with Crippen molar-refractivity contribution in [1.29, 1.82) is 0 Å². The molecule has 42 heavy (non-hydrogen) atoms. The number of nitrogens with one attached hydrogen (secondary N) is 1. The lowest BCUT2D eigenvalue weighted by molar-refractivity contribution is -0.124. The first-order chi connectivity index (χ1) is 20.1. The molecule has 0 aliphatic carbocycles. The number of aromatic nitrogens is 4. The zero-order valence-corrected chi connectivity index (χ0v) is 25.4. The lowest BCUT2D eigenvalue weighted by Gasteiger charge is -2.23. The van der Waals surface area contributed by atoms with Gasteiger partial charge in [-0.1, -0.05) is 11.3 Å². The number of fused-ring (bicyclic) bond motifs is 1. The zero-order valence-electron chi connectivity index (χ0n) is 24.5. The maximum absolute atomic E-state index is 14.5. The number of methoxy groups -OCH3 is 2. The van der Waals surface area contributed by atoms with Crippen LogP contribution in [0.2, 0.25) is 0 Å². The highest BCUT2D eigenvalue weighted by Crippen LogP contribution is 2.34. The Kier molecular flexibility index (Phi) is 9.97. The van der Waals surface area contributed by atoms with E-state index in [0.29, 0.717) is 45.1 Å². The molecule has 0 saturated carbocycles. The maximum atomic E-state index is 14.5. The molecule has 13 heteroatoms. The predicted molar refractivity (Wildman–Crippen MR) is 158 cm³/mol. The third kappa shape index (κ3) is 6.32. The van der Waals surface area contributed by atoms with Gasteiger partial charge in [0, 0.05) is 49.9 Å². The van der Waals surface area contributed by atoms with Gasteiger partial charge in [-0.25, -0.2) is 18.4 Å². The Morgan fingerprint density at radius 1 is 1.17 bits per heavy atom. The molecule has 0 saturated heterocycles. The van der Waals surface area contributed by atoms with Crippen molar-refractivity contribution in [3.8, 4) is 10.8 Å². The fourth-order valence-electron chi connectivity index (χ4n) is 4.78. The van der Waals surface area contributed by atoms with E-state index in [-0.39, 0.29) is 19.2 Å². The number of carbonyl (C=O) groups excluding carboxylic acids is 1. The van der Waals surface area contributed by atoms with E-state index in [2.05, 4.69) is 10.4 Å². The van der Waals surface area contributed by atoms with Crippen molar-refractivity contribution in [2.24, 2.45) is 0 Å². The van der Waals surface area contributed by atoms with Crippen LogP contribution in [-0.4, -0.2) is 58.3 Å². The van der Waals surface area contributed by atoms with Crippen LogP contribution in [0.25, 0.3) is 15.2 Å². The number of amides is 1. The number of hydrogen-bond acceptors (Lipinski definition) is 8. The van der Waals surface area contributed by atoms with Crippen molar-refractivity contribution < 1.29 is 23.4 Å². The summed E-state index contributed by atoms with van der Waals surface area (Å²) in [7, 11) is 3.05. The van der Waals surface area contributed by atoms with Gasteiger partial charge >= 0.3 is 5.69 Å². The van der Waals surface area contributed by atoms with Gasteiger partial charge in [0.2, 0.25) is 5.91 Å². The minimum absolute atomic E-state index is 0.0839. The molecular weight excluding hydrogens is 565 g/mol. The van der Waals surface area contributed by atoms with E-state index in [4.69, 9.17) is 14.2 Å². The molecule has 1 aromatic carbocycles. The van der Waals surface area contributed by atoms with Crippen LogP contribution in [0.5, 0.6) is 5.75 Å². The fraction of sp³-hybridized carbons (Fsp3) is 0.448. The van der Waals surface area contributed by atoms with E-state index in [9.17, 15) is 18.8 Å². The first-order valence-corrected chi connectivity index (χ1v) is 14.4. The number of rotatable bonds is 13. The largest absolute Gasteiger partial charge is 0.496 e. The molecule has 2 atom stereocenters. The normalized spacial score (nSPS) is 13.0. The second-order valence-corrected chi connectivity index (χ2v) is 11.1. The molecule has 4 rings (SSSR count). The van der Waals surface area contributed by atoms with Crippen LogP contribution in [0.4, 0.5) is 4.39 Å². The SMILES string of the molecule is COCCCO[C@@H](Cn1c(=O)n(C(C)C(=O)NC(C)C)c(=O)c2c(C)c(-n3cccn3)sc21)c1cc(F)ccc1OC. The molecule has 0 aliphatic rings. The highest BCUT2D eigenvalue weighted by Gasteiger charge is 2.29. The molecular formula is C29H36FN5O6S. The highest BCUT2D eigenvalue weighted by molar-refractivity contribution is 7.21. The average molecular weight is 602 g/mol. The standard InChI is InChI=1S/C29H36FN5O6S/c1-17(2)32-25(36)19(4)35-26(37)24-18(3)27(34-12-7-11-31-34)42-28(24)33(29(35)38)16-23(41-14-8-13-39-5)21-15-20(30)9-10-22(21)40-6/h7,9-12,15,17,19,23H,8,13-14,16H2,1-6H3,(H,32,36)/t19?,23-/m0/s1. The van der Waals surface area contributed by atoms with Crippen LogP contribution in [0.1, 0.15) is 50.5 Å². The highest BCUT2D eigenvalue weighted by atomic mass is 32.1.